The van der Waals surface area contributed by atoms with Gasteiger partial charge in [-0.05, 0) is 56.7 Å². The Hall–Kier alpha value is -2.14. The first-order chi connectivity index (χ1) is 11.6. The molecule has 0 aliphatic heterocycles. The summed E-state index contributed by atoms with van der Waals surface area (Å²) in [5.41, 5.74) is 3.16. The Morgan fingerprint density at radius 2 is 2.17 bits per heavy atom. The number of nitrogens with zero attached hydrogens (tertiary/aromatic N) is 1. The van der Waals surface area contributed by atoms with E-state index in [1.54, 1.807) is 17.6 Å². The molecule has 5 heteroatoms. The second-order valence-electron chi connectivity index (χ2n) is 5.88. The molecule has 2 aromatic rings. The molecule has 4 nitrogen and oxygen atoms in total. The van der Waals surface area contributed by atoms with Crippen molar-refractivity contribution in [1.82, 2.24) is 0 Å². The van der Waals surface area contributed by atoms with Crippen LogP contribution >= 0.6 is 11.3 Å². The predicted molar refractivity (Wildman–Crippen MR) is 97.0 cm³/mol. The van der Waals surface area contributed by atoms with Crippen molar-refractivity contribution >= 4 is 28.5 Å². The summed E-state index contributed by atoms with van der Waals surface area (Å²) in [5, 5.41) is 10.8. The first kappa shape index (κ1) is 16.7. The first-order valence-electron chi connectivity index (χ1n) is 8.26. The molecule has 0 bridgehead atoms. The number of thiophene rings is 1. The smallest absolute Gasteiger partial charge is 0.341 e. The van der Waals surface area contributed by atoms with Crippen molar-refractivity contribution in [1.29, 1.82) is 0 Å². The van der Waals surface area contributed by atoms with Crippen molar-refractivity contribution in [3.63, 3.8) is 0 Å². The normalized spacial score (nSPS) is 13.9. The molecule has 0 unspecified atom stereocenters. The first-order valence-corrected chi connectivity index (χ1v) is 9.07. The Kier molecular flexibility index (Phi) is 5.00. The summed E-state index contributed by atoms with van der Waals surface area (Å²) < 4.78 is 5.23. The lowest BCUT2D eigenvalue weighted by Gasteiger charge is -2.11. The summed E-state index contributed by atoms with van der Waals surface area (Å²) in [7, 11) is 0. The average Bonchev–Trinajstić information content (AvgIpc) is 2.95. The number of esters is 1. The number of aliphatic imine (C=N–C) groups is 1. The number of benzene rings is 1. The third-order valence-corrected chi connectivity index (χ3v) is 5.42. The minimum Gasteiger partial charge on any atom is -0.507 e. The molecule has 3 rings (SSSR count). The van der Waals surface area contributed by atoms with Crippen LogP contribution in [0.25, 0.3) is 0 Å². The van der Waals surface area contributed by atoms with Crippen LogP contribution in [0.3, 0.4) is 0 Å². The summed E-state index contributed by atoms with van der Waals surface area (Å²) in [4.78, 5) is 18.2. The molecule has 0 spiro atoms. The van der Waals surface area contributed by atoms with E-state index < -0.39 is 0 Å². The Labute approximate surface area is 145 Å². The van der Waals surface area contributed by atoms with Gasteiger partial charge in [0.25, 0.3) is 0 Å². The highest BCUT2D eigenvalue weighted by molar-refractivity contribution is 7.16. The van der Waals surface area contributed by atoms with E-state index in [4.69, 9.17) is 4.74 Å². The molecule has 0 atom stereocenters. The maximum atomic E-state index is 12.4. The van der Waals surface area contributed by atoms with Gasteiger partial charge in [0.1, 0.15) is 10.8 Å². The molecule has 0 amide bonds. The molecule has 1 aromatic heterocycles. The number of ether oxygens (including phenoxy) is 1. The number of phenolic OH excluding ortho intramolecular Hbond substituents is 1. The van der Waals surface area contributed by atoms with E-state index in [0.29, 0.717) is 22.7 Å². The number of aromatic hydroxyl groups is 1. The van der Waals surface area contributed by atoms with Crippen LogP contribution in [0, 0.1) is 6.92 Å². The van der Waals surface area contributed by atoms with Crippen molar-refractivity contribution in [3.05, 3.63) is 45.3 Å². The van der Waals surface area contributed by atoms with Crippen molar-refractivity contribution in [2.24, 2.45) is 4.99 Å². The van der Waals surface area contributed by atoms with E-state index in [9.17, 15) is 9.90 Å². The number of carbonyl (C=O) groups is 1. The van der Waals surface area contributed by atoms with Crippen molar-refractivity contribution in [3.8, 4) is 5.75 Å². The molecule has 1 aliphatic rings. The number of hydrogen-bond donors (Lipinski definition) is 1. The third kappa shape index (κ3) is 3.22. The number of para-hydroxylation sites is 1. The van der Waals surface area contributed by atoms with Gasteiger partial charge in [0.15, 0.2) is 0 Å². The molecule has 24 heavy (non-hydrogen) atoms. The molecular weight excluding hydrogens is 322 g/mol. The predicted octanol–water partition coefficient (Wildman–Crippen LogP) is 4.57. The highest BCUT2D eigenvalue weighted by Gasteiger charge is 2.26. The molecule has 0 radical (unpaired) electrons. The SMILES string of the molecule is CCOC(=O)c1c(/N=C/c2cccc(C)c2O)sc2c1CCCC2. The van der Waals surface area contributed by atoms with Gasteiger partial charge in [0.2, 0.25) is 0 Å². The second-order valence-corrected chi connectivity index (χ2v) is 6.97. The fourth-order valence-corrected chi connectivity index (χ4v) is 4.19. The largest absolute Gasteiger partial charge is 0.507 e. The van der Waals surface area contributed by atoms with Gasteiger partial charge in [0, 0.05) is 16.7 Å². The standard InChI is InChI=1S/C19H21NO3S/c1-3-23-19(22)16-14-9-4-5-10-15(14)24-18(16)20-11-13-8-6-7-12(2)17(13)21/h6-8,11,21H,3-5,9-10H2,1-2H3/b20-11+. The maximum absolute atomic E-state index is 12.4. The second kappa shape index (κ2) is 7.18. The Morgan fingerprint density at radius 3 is 2.96 bits per heavy atom. The number of carbonyl (C=O) groups excluding carboxylic acids is 1. The van der Waals surface area contributed by atoms with Crippen LogP contribution in [0.1, 0.15) is 51.7 Å². The van der Waals surface area contributed by atoms with E-state index in [2.05, 4.69) is 4.99 Å². The van der Waals surface area contributed by atoms with Gasteiger partial charge in [-0.3, -0.25) is 0 Å². The van der Waals surface area contributed by atoms with E-state index >= 15 is 0 Å². The Balaban J connectivity index is 2.00. The van der Waals surface area contributed by atoms with Gasteiger partial charge in [-0.2, -0.15) is 0 Å². The third-order valence-electron chi connectivity index (χ3n) is 4.22. The lowest BCUT2D eigenvalue weighted by atomic mass is 9.95. The highest BCUT2D eigenvalue weighted by Crippen LogP contribution is 2.40. The fourth-order valence-electron chi connectivity index (χ4n) is 2.97. The number of aryl methyl sites for hydroxylation is 2. The zero-order valence-corrected chi connectivity index (χ0v) is 14.8. The van der Waals surface area contributed by atoms with Gasteiger partial charge in [-0.1, -0.05) is 12.1 Å². The van der Waals surface area contributed by atoms with E-state index in [-0.39, 0.29) is 11.7 Å². The number of phenols is 1. The van der Waals surface area contributed by atoms with Crippen molar-refractivity contribution < 1.29 is 14.6 Å². The van der Waals surface area contributed by atoms with Gasteiger partial charge < -0.3 is 9.84 Å². The molecule has 0 fully saturated rings. The summed E-state index contributed by atoms with van der Waals surface area (Å²) >= 11 is 1.57. The van der Waals surface area contributed by atoms with Gasteiger partial charge in [-0.15, -0.1) is 11.3 Å². The lowest BCUT2D eigenvalue weighted by molar-refractivity contribution is 0.0526. The average molecular weight is 343 g/mol. The molecule has 1 aliphatic carbocycles. The summed E-state index contributed by atoms with van der Waals surface area (Å²) in [6.45, 7) is 4.01. The Bertz CT molecular complexity index is 792. The maximum Gasteiger partial charge on any atom is 0.341 e. The van der Waals surface area contributed by atoms with Crippen LogP contribution in [0.2, 0.25) is 0 Å². The topological polar surface area (TPSA) is 58.9 Å². The minimum absolute atomic E-state index is 0.222. The van der Waals surface area contributed by atoms with Gasteiger partial charge in [-0.25, -0.2) is 9.79 Å². The lowest BCUT2D eigenvalue weighted by Crippen LogP contribution is -2.09. The van der Waals surface area contributed by atoms with Crippen LogP contribution < -0.4 is 0 Å². The summed E-state index contributed by atoms with van der Waals surface area (Å²) in [5.74, 6) is -0.0715. The number of fused-ring (bicyclic) bond motifs is 1. The van der Waals surface area contributed by atoms with E-state index in [1.165, 1.54) is 4.88 Å². The minimum atomic E-state index is -0.294. The van der Waals surface area contributed by atoms with E-state index in [0.717, 1.165) is 36.8 Å². The summed E-state index contributed by atoms with van der Waals surface area (Å²) in [6, 6.07) is 5.53. The van der Waals surface area contributed by atoms with E-state index in [1.807, 2.05) is 32.0 Å². The van der Waals surface area contributed by atoms with Crippen LogP contribution in [-0.4, -0.2) is 23.9 Å². The van der Waals surface area contributed by atoms with Crippen LogP contribution in [0.4, 0.5) is 5.00 Å². The molecule has 1 heterocycles. The zero-order chi connectivity index (χ0) is 17.1. The fraction of sp³-hybridized carbons (Fsp3) is 0.368. The molecule has 0 saturated heterocycles. The monoisotopic (exact) mass is 343 g/mol. The molecular formula is C19H21NO3S. The van der Waals surface area contributed by atoms with Crippen LogP contribution in [-0.2, 0) is 17.6 Å². The van der Waals surface area contributed by atoms with Crippen LogP contribution in [0.5, 0.6) is 5.75 Å². The van der Waals surface area contributed by atoms with Gasteiger partial charge >= 0.3 is 5.97 Å². The molecule has 1 aromatic carbocycles. The number of hydrogen-bond acceptors (Lipinski definition) is 5. The highest BCUT2D eigenvalue weighted by atomic mass is 32.1. The van der Waals surface area contributed by atoms with Crippen molar-refractivity contribution in [2.45, 2.75) is 39.5 Å². The van der Waals surface area contributed by atoms with Crippen molar-refractivity contribution in [2.75, 3.05) is 6.61 Å². The Morgan fingerprint density at radius 1 is 1.38 bits per heavy atom. The number of rotatable bonds is 4. The zero-order valence-electron chi connectivity index (χ0n) is 14.0. The van der Waals surface area contributed by atoms with Gasteiger partial charge in [0.05, 0.1) is 12.2 Å². The molecule has 0 saturated carbocycles. The summed E-state index contributed by atoms with van der Waals surface area (Å²) in [6.07, 6.45) is 5.78. The molecule has 126 valence electrons. The van der Waals surface area contributed by atoms with Crippen LogP contribution in [0.15, 0.2) is 23.2 Å². The molecule has 1 N–H and O–H groups in total. The quantitative estimate of drug-likeness (QED) is 0.653.